The zero-order chi connectivity index (χ0) is 10.5. The second-order valence-corrected chi connectivity index (χ2v) is 4.18. The van der Waals surface area contributed by atoms with Crippen LogP contribution in [0.15, 0.2) is 30.3 Å². The predicted octanol–water partition coefficient (Wildman–Crippen LogP) is 2.29. The van der Waals surface area contributed by atoms with E-state index in [0.717, 1.165) is 26.2 Å². The fourth-order valence-corrected chi connectivity index (χ4v) is 2.44. The Hall–Kier alpha value is -0.280. The van der Waals surface area contributed by atoms with Gasteiger partial charge in [0.05, 0.1) is 0 Å². The Kier molecular flexibility index (Phi) is 6.14. The van der Waals surface area contributed by atoms with Crippen molar-refractivity contribution in [1.29, 1.82) is 0 Å². The summed E-state index contributed by atoms with van der Waals surface area (Å²) in [6, 6.07) is 10.9. The molecule has 4 heteroatoms. The molecular formula is C12H18Cl2N2. The first-order valence-electron chi connectivity index (χ1n) is 5.47. The number of benzene rings is 1. The molecule has 0 spiro atoms. The van der Waals surface area contributed by atoms with Crippen molar-refractivity contribution in [2.45, 2.75) is 6.04 Å². The third kappa shape index (κ3) is 3.36. The Balaban J connectivity index is 0.00000128. The van der Waals surface area contributed by atoms with E-state index in [2.05, 4.69) is 34.5 Å². The first kappa shape index (κ1) is 13.8. The van der Waals surface area contributed by atoms with E-state index in [9.17, 15) is 0 Å². The lowest BCUT2D eigenvalue weighted by atomic mass is 10.1. The van der Waals surface area contributed by atoms with E-state index in [1.54, 1.807) is 0 Å². The Morgan fingerprint density at radius 3 is 2.38 bits per heavy atom. The molecule has 0 aromatic heterocycles. The number of hydrogen-bond donors (Lipinski definition) is 1. The lowest BCUT2D eigenvalue weighted by Crippen LogP contribution is -2.45. The maximum Gasteiger partial charge on any atom is 0.0484 e. The molecule has 16 heavy (non-hydrogen) atoms. The maximum atomic E-state index is 6.07. The van der Waals surface area contributed by atoms with Crippen molar-refractivity contribution < 1.29 is 0 Å². The number of hydrogen-bond acceptors (Lipinski definition) is 2. The van der Waals surface area contributed by atoms with E-state index in [-0.39, 0.29) is 12.4 Å². The highest BCUT2D eigenvalue weighted by Crippen LogP contribution is 2.21. The van der Waals surface area contributed by atoms with Crippen molar-refractivity contribution in [3.8, 4) is 0 Å². The summed E-state index contributed by atoms with van der Waals surface area (Å²) < 4.78 is 0. The average molecular weight is 261 g/mol. The van der Waals surface area contributed by atoms with Crippen LogP contribution in [0.3, 0.4) is 0 Å². The third-order valence-electron chi connectivity index (χ3n) is 2.92. The minimum atomic E-state index is 0. The standard InChI is InChI=1S/C12H17ClN2.ClH/c13-10-12(11-4-2-1-3-5-11)15-8-6-14-7-9-15;/h1-5,12,14H,6-10H2;1H. The van der Waals surface area contributed by atoms with Crippen molar-refractivity contribution in [2.75, 3.05) is 32.1 Å². The molecule has 1 aromatic carbocycles. The number of nitrogens with zero attached hydrogens (tertiary/aromatic N) is 1. The SMILES string of the molecule is Cl.ClCC(c1ccccc1)N1CCNCC1. The monoisotopic (exact) mass is 260 g/mol. The molecule has 1 fully saturated rings. The van der Waals surface area contributed by atoms with Crippen LogP contribution in [0, 0.1) is 0 Å². The van der Waals surface area contributed by atoms with E-state index in [4.69, 9.17) is 11.6 Å². The number of halogens is 2. The van der Waals surface area contributed by atoms with Crippen LogP contribution in [-0.2, 0) is 0 Å². The summed E-state index contributed by atoms with van der Waals surface area (Å²) in [5, 5.41) is 3.36. The first-order chi connectivity index (χ1) is 7.42. The van der Waals surface area contributed by atoms with Crippen LogP contribution < -0.4 is 5.32 Å². The van der Waals surface area contributed by atoms with Gasteiger partial charge in [-0.1, -0.05) is 30.3 Å². The van der Waals surface area contributed by atoms with Gasteiger partial charge in [-0.2, -0.15) is 0 Å². The molecule has 1 N–H and O–H groups in total. The van der Waals surface area contributed by atoms with E-state index >= 15 is 0 Å². The molecule has 0 bridgehead atoms. The van der Waals surface area contributed by atoms with Gasteiger partial charge < -0.3 is 5.32 Å². The first-order valence-corrected chi connectivity index (χ1v) is 6.01. The van der Waals surface area contributed by atoms with Crippen LogP contribution in [0.25, 0.3) is 0 Å². The molecule has 1 saturated heterocycles. The summed E-state index contributed by atoms with van der Waals surface area (Å²) in [5.41, 5.74) is 1.33. The lowest BCUT2D eigenvalue weighted by Gasteiger charge is -2.34. The van der Waals surface area contributed by atoms with E-state index in [1.165, 1.54) is 5.56 Å². The highest BCUT2D eigenvalue weighted by molar-refractivity contribution is 6.18. The molecule has 1 heterocycles. The summed E-state index contributed by atoms with van der Waals surface area (Å²) in [7, 11) is 0. The summed E-state index contributed by atoms with van der Waals surface area (Å²) in [6.45, 7) is 4.32. The second-order valence-electron chi connectivity index (χ2n) is 3.87. The van der Waals surface area contributed by atoms with Crippen LogP contribution in [0.4, 0.5) is 0 Å². The smallest absolute Gasteiger partial charge is 0.0484 e. The Labute approximate surface area is 108 Å². The van der Waals surface area contributed by atoms with Crippen LogP contribution in [0.5, 0.6) is 0 Å². The lowest BCUT2D eigenvalue weighted by molar-refractivity contribution is 0.187. The van der Waals surface area contributed by atoms with E-state index in [0.29, 0.717) is 11.9 Å². The summed E-state index contributed by atoms with van der Waals surface area (Å²) in [4.78, 5) is 2.46. The molecule has 0 aliphatic carbocycles. The number of piperazine rings is 1. The molecule has 0 radical (unpaired) electrons. The molecule has 0 amide bonds. The van der Waals surface area contributed by atoms with Crippen LogP contribution in [0.2, 0.25) is 0 Å². The second kappa shape index (κ2) is 7.13. The summed E-state index contributed by atoms with van der Waals surface area (Å²) >= 11 is 6.07. The highest BCUT2D eigenvalue weighted by atomic mass is 35.5. The van der Waals surface area contributed by atoms with Gasteiger partial charge in [-0.15, -0.1) is 24.0 Å². The van der Waals surface area contributed by atoms with Gasteiger partial charge in [0.25, 0.3) is 0 Å². The van der Waals surface area contributed by atoms with Gasteiger partial charge in [-0.05, 0) is 5.56 Å². The number of alkyl halides is 1. The fourth-order valence-electron chi connectivity index (χ4n) is 2.07. The van der Waals surface area contributed by atoms with E-state index < -0.39 is 0 Å². The van der Waals surface area contributed by atoms with Crippen LogP contribution >= 0.6 is 24.0 Å². The molecule has 0 saturated carbocycles. The van der Waals surface area contributed by atoms with E-state index in [1.807, 2.05) is 6.07 Å². The molecule has 1 unspecified atom stereocenters. The van der Waals surface area contributed by atoms with Gasteiger partial charge >= 0.3 is 0 Å². The Bertz CT molecular complexity index is 286. The minimum Gasteiger partial charge on any atom is -0.314 e. The van der Waals surface area contributed by atoms with Gasteiger partial charge in [0.2, 0.25) is 0 Å². The van der Waals surface area contributed by atoms with Crippen LogP contribution in [-0.4, -0.2) is 37.0 Å². The van der Waals surface area contributed by atoms with Crippen molar-refractivity contribution in [3.63, 3.8) is 0 Å². The van der Waals surface area contributed by atoms with Crippen molar-refractivity contribution in [2.24, 2.45) is 0 Å². The zero-order valence-corrected chi connectivity index (χ0v) is 10.8. The highest BCUT2D eigenvalue weighted by Gasteiger charge is 2.20. The number of rotatable bonds is 3. The third-order valence-corrected chi connectivity index (χ3v) is 3.22. The topological polar surface area (TPSA) is 15.3 Å². The molecule has 1 aliphatic heterocycles. The Morgan fingerprint density at radius 2 is 1.81 bits per heavy atom. The molecule has 1 aliphatic rings. The quantitative estimate of drug-likeness (QED) is 0.840. The van der Waals surface area contributed by atoms with Crippen LogP contribution in [0.1, 0.15) is 11.6 Å². The van der Waals surface area contributed by atoms with Crippen molar-refractivity contribution in [3.05, 3.63) is 35.9 Å². The largest absolute Gasteiger partial charge is 0.314 e. The van der Waals surface area contributed by atoms with Crippen molar-refractivity contribution in [1.82, 2.24) is 10.2 Å². The van der Waals surface area contributed by atoms with Gasteiger partial charge in [-0.25, -0.2) is 0 Å². The molecule has 1 aromatic rings. The fraction of sp³-hybridized carbons (Fsp3) is 0.500. The molecule has 90 valence electrons. The van der Waals surface area contributed by atoms with Gasteiger partial charge in [0, 0.05) is 38.1 Å². The number of nitrogens with one attached hydrogen (secondary N) is 1. The van der Waals surface area contributed by atoms with Gasteiger partial charge in [-0.3, -0.25) is 4.90 Å². The maximum absolute atomic E-state index is 6.07. The molecule has 2 nitrogen and oxygen atoms in total. The summed E-state index contributed by atoms with van der Waals surface area (Å²) in [5.74, 6) is 0.671. The molecular weight excluding hydrogens is 243 g/mol. The van der Waals surface area contributed by atoms with Gasteiger partial charge in [0.1, 0.15) is 0 Å². The summed E-state index contributed by atoms with van der Waals surface area (Å²) in [6.07, 6.45) is 0. The van der Waals surface area contributed by atoms with Gasteiger partial charge in [0.15, 0.2) is 0 Å². The normalized spacial score (nSPS) is 18.8. The molecule has 2 rings (SSSR count). The predicted molar refractivity (Wildman–Crippen MR) is 71.6 cm³/mol. The molecule has 1 atom stereocenters. The zero-order valence-electron chi connectivity index (χ0n) is 9.23. The minimum absolute atomic E-state index is 0. The average Bonchev–Trinajstić information content (AvgIpc) is 2.33. The Morgan fingerprint density at radius 1 is 1.19 bits per heavy atom. The van der Waals surface area contributed by atoms with Crippen molar-refractivity contribution >= 4 is 24.0 Å².